The van der Waals surface area contributed by atoms with Gasteiger partial charge in [-0.25, -0.2) is 0 Å². The lowest BCUT2D eigenvalue weighted by atomic mass is 10.2. The predicted molar refractivity (Wildman–Crippen MR) is 73.0 cm³/mol. The molecule has 0 aliphatic heterocycles. The predicted octanol–water partition coefficient (Wildman–Crippen LogP) is 3.04. The number of rotatable bonds is 4. The molecule has 0 saturated heterocycles. The van der Waals surface area contributed by atoms with Crippen molar-refractivity contribution in [3.8, 4) is 17.2 Å². The van der Waals surface area contributed by atoms with Crippen molar-refractivity contribution in [2.45, 2.75) is 6.92 Å². The van der Waals surface area contributed by atoms with Crippen molar-refractivity contribution < 1.29 is 9.47 Å². The van der Waals surface area contributed by atoms with Gasteiger partial charge in [0.15, 0.2) is 11.5 Å². The van der Waals surface area contributed by atoms with E-state index in [9.17, 15) is 0 Å². The summed E-state index contributed by atoms with van der Waals surface area (Å²) in [5.74, 6) is 1.97. The molecule has 0 fully saturated rings. The van der Waals surface area contributed by atoms with Gasteiger partial charge in [-0.2, -0.15) is 0 Å². The lowest BCUT2D eigenvalue weighted by molar-refractivity contribution is 0.321. The van der Waals surface area contributed by atoms with Crippen molar-refractivity contribution in [3.05, 3.63) is 42.5 Å². The molecule has 0 aliphatic rings. The molecule has 4 heteroatoms. The summed E-state index contributed by atoms with van der Waals surface area (Å²) in [6, 6.07) is 12.5. The summed E-state index contributed by atoms with van der Waals surface area (Å²) in [6.07, 6.45) is 0. The summed E-state index contributed by atoms with van der Waals surface area (Å²) >= 11 is 0. The van der Waals surface area contributed by atoms with E-state index in [4.69, 9.17) is 20.9 Å². The Morgan fingerprint density at radius 2 is 1.56 bits per heavy atom. The highest BCUT2D eigenvalue weighted by Crippen LogP contribution is 2.33. The number of ether oxygens (including phenoxy) is 2. The zero-order valence-corrected chi connectivity index (χ0v) is 10.2. The van der Waals surface area contributed by atoms with Gasteiger partial charge in [0.25, 0.3) is 0 Å². The summed E-state index contributed by atoms with van der Waals surface area (Å²) < 4.78 is 11.2. The Kier molecular flexibility index (Phi) is 3.57. The fraction of sp³-hybridized carbons (Fsp3) is 0.143. The number of benzene rings is 2. The molecule has 4 N–H and O–H groups in total. The first-order chi connectivity index (χ1) is 8.69. The molecular weight excluding hydrogens is 228 g/mol. The highest BCUT2D eigenvalue weighted by molar-refractivity contribution is 5.53. The molecule has 2 rings (SSSR count). The van der Waals surface area contributed by atoms with Crippen LogP contribution in [0, 0.1) is 0 Å². The van der Waals surface area contributed by atoms with Gasteiger partial charge in [0.2, 0.25) is 0 Å². The molecule has 0 amide bonds. The first-order valence-electron chi connectivity index (χ1n) is 5.74. The molecule has 0 radical (unpaired) electrons. The third kappa shape index (κ3) is 2.85. The fourth-order valence-electron chi connectivity index (χ4n) is 1.54. The minimum absolute atomic E-state index is 0.557. The van der Waals surface area contributed by atoms with Crippen LogP contribution in [0.1, 0.15) is 6.92 Å². The molecule has 0 spiro atoms. The Balaban J connectivity index is 2.25. The lowest BCUT2D eigenvalue weighted by Crippen LogP contribution is -1.96. The Morgan fingerprint density at radius 3 is 2.22 bits per heavy atom. The van der Waals surface area contributed by atoms with Crippen LogP contribution in [0.4, 0.5) is 11.4 Å². The van der Waals surface area contributed by atoms with Crippen molar-refractivity contribution in [1.82, 2.24) is 0 Å². The number of hydrogen-bond donors (Lipinski definition) is 2. The zero-order valence-electron chi connectivity index (χ0n) is 10.2. The van der Waals surface area contributed by atoms with Crippen molar-refractivity contribution in [2.24, 2.45) is 0 Å². The van der Waals surface area contributed by atoms with E-state index in [0.717, 1.165) is 0 Å². The third-order valence-electron chi connectivity index (χ3n) is 2.38. The molecule has 0 unspecified atom stereocenters. The van der Waals surface area contributed by atoms with Crippen molar-refractivity contribution in [3.63, 3.8) is 0 Å². The van der Waals surface area contributed by atoms with E-state index >= 15 is 0 Å². The summed E-state index contributed by atoms with van der Waals surface area (Å²) in [6.45, 7) is 2.47. The average molecular weight is 244 g/mol. The van der Waals surface area contributed by atoms with E-state index in [0.29, 0.717) is 35.2 Å². The van der Waals surface area contributed by atoms with Gasteiger partial charge < -0.3 is 20.9 Å². The molecule has 18 heavy (non-hydrogen) atoms. The molecular formula is C14H16N2O2. The second kappa shape index (κ2) is 5.31. The third-order valence-corrected chi connectivity index (χ3v) is 2.38. The van der Waals surface area contributed by atoms with Gasteiger partial charge in [-0.15, -0.1) is 0 Å². The van der Waals surface area contributed by atoms with Crippen molar-refractivity contribution >= 4 is 11.4 Å². The largest absolute Gasteiger partial charge is 0.490 e. The summed E-state index contributed by atoms with van der Waals surface area (Å²) in [7, 11) is 0. The van der Waals surface area contributed by atoms with Gasteiger partial charge in [-0.05, 0) is 43.3 Å². The smallest absolute Gasteiger partial charge is 0.169 e. The van der Waals surface area contributed by atoms with E-state index in [1.54, 1.807) is 42.5 Å². The second-order valence-corrected chi connectivity index (χ2v) is 3.81. The zero-order chi connectivity index (χ0) is 13.0. The molecule has 0 heterocycles. The van der Waals surface area contributed by atoms with Crippen LogP contribution in [0.25, 0.3) is 0 Å². The van der Waals surface area contributed by atoms with Gasteiger partial charge >= 0.3 is 0 Å². The van der Waals surface area contributed by atoms with Crippen LogP contribution in [0.15, 0.2) is 42.5 Å². The van der Waals surface area contributed by atoms with Crippen LogP contribution < -0.4 is 20.9 Å². The van der Waals surface area contributed by atoms with Crippen LogP contribution in [-0.4, -0.2) is 6.61 Å². The molecule has 0 bridgehead atoms. The molecule has 94 valence electrons. The van der Waals surface area contributed by atoms with Gasteiger partial charge in [0.1, 0.15) is 5.75 Å². The summed E-state index contributed by atoms with van der Waals surface area (Å²) in [5, 5.41) is 0. The maximum Gasteiger partial charge on any atom is 0.169 e. The number of nitrogen functional groups attached to an aromatic ring is 2. The Labute approximate surface area is 106 Å². The van der Waals surface area contributed by atoms with Crippen molar-refractivity contribution in [1.29, 1.82) is 0 Å². The van der Waals surface area contributed by atoms with E-state index in [-0.39, 0.29) is 0 Å². The van der Waals surface area contributed by atoms with Crippen LogP contribution in [-0.2, 0) is 0 Å². The van der Waals surface area contributed by atoms with Gasteiger partial charge in [0.05, 0.1) is 6.61 Å². The molecule has 0 aliphatic carbocycles. The topological polar surface area (TPSA) is 70.5 Å². The Bertz CT molecular complexity index is 524. The lowest BCUT2D eigenvalue weighted by Gasteiger charge is -2.12. The van der Waals surface area contributed by atoms with E-state index in [1.807, 2.05) is 6.92 Å². The normalized spacial score (nSPS) is 10.1. The fourth-order valence-corrected chi connectivity index (χ4v) is 1.54. The van der Waals surface area contributed by atoms with E-state index in [1.165, 1.54) is 0 Å². The average Bonchev–Trinajstić information content (AvgIpc) is 2.36. The second-order valence-electron chi connectivity index (χ2n) is 3.81. The number of hydrogen-bond acceptors (Lipinski definition) is 4. The van der Waals surface area contributed by atoms with Crippen molar-refractivity contribution in [2.75, 3.05) is 18.1 Å². The molecule has 2 aromatic carbocycles. The summed E-state index contributed by atoms with van der Waals surface area (Å²) in [4.78, 5) is 0. The Morgan fingerprint density at radius 1 is 0.889 bits per heavy atom. The van der Waals surface area contributed by atoms with Crippen LogP contribution >= 0.6 is 0 Å². The van der Waals surface area contributed by atoms with Gasteiger partial charge in [-0.3, -0.25) is 0 Å². The molecule has 0 atom stereocenters. The van der Waals surface area contributed by atoms with Gasteiger partial charge in [-0.1, -0.05) is 0 Å². The van der Waals surface area contributed by atoms with Crippen LogP contribution in [0.5, 0.6) is 17.2 Å². The summed E-state index contributed by atoms with van der Waals surface area (Å²) in [5.41, 5.74) is 12.7. The SMILES string of the molecule is CCOc1cc(N)ccc1Oc1ccc(N)cc1. The van der Waals surface area contributed by atoms with E-state index in [2.05, 4.69) is 0 Å². The highest BCUT2D eigenvalue weighted by Gasteiger charge is 2.06. The maximum atomic E-state index is 5.74. The van der Waals surface area contributed by atoms with E-state index < -0.39 is 0 Å². The minimum Gasteiger partial charge on any atom is -0.490 e. The van der Waals surface area contributed by atoms with Gasteiger partial charge in [0, 0.05) is 17.4 Å². The molecule has 2 aromatic rings. The monoisotopic (exact) mass is 244 g/mol. The molecule has 4 nitrogen and oxygen atoms in total. The first kappa shape index (κ1) is 12.1. The molecule has 0 saturated carbocycles. The van der Waals surface area contributed by atoms with Crippen LogP contribution in [0.2, 0.25) is 0 Å². The van der Waals surface area contributed by atoms with Crippen LogP contribution in [0.3, 0.4) is 0 Å². The minimum atomic E-state index is 0.557. The molecule has 0 aromatic heterocycles. The first-order valence-corrected chi connectivity index (χ1v) is 5.74. The standard InChI is InChI=1S/C14H16N2O2/c1-2-17-14-9-11(16)5-8-13(14)18-12-6-3-10(15)4-7-12/h3-9H,2,15-16H2,1H3. The number of anilines is 2. The maximum absolute atomic E-state index is 5.74. The Hall–Kier alpha value is -2.36. The number of nitrogens with two attached hydrogens (primary N) is 2. The quantitative estimate of drug-likeness (QED) is 0.811. The highest BCUT2D eigenvalue weighted by atomic mass is 16.5.